The van der Waals surface area contributed by atoms with Crippen molar-refractivity contribution in [1.29, 1.82) is 0 Å². The number of ether oxygens (including phenoxy) is 1. The second kappa shape index (κ2) is 5.81. The maximum atomic E-state index is 12.2. The van der Waals surface area contributed by atoms with Gasteiger partial charge in [0.15, 0.2) is 0 Å². The van der Waals surface area contributed by atoms with E-state index in [4.69, 9.17) is 4.74 Å². The van der Waals surface area contributed by atoms with Gasteiger partial charge in [0.05, 0.1) is 24.4 Å². The van der Waals surface area contributed by atoms with E-state index in [9.17, 15) is 9.59 Å². The van der Waals surface area contributed by atoms with Gasteiger partial charge >= 0.3 is 5.97 Å². The Labute approximate surface area is 126 Å². The van der Waals surface area contributed by atoms with E-state index in [-0.39, 0.29) is 17.9 Å². The maximum absolute atomic E-state index is 12.2. The lowest BCUT2D eigenvalue weighted by Crippen LogP contribution is -2.11. The minimum atomic E-state index is -0.337. The molecule has 2 aromatic carbocycles. The highest BCUT2D eigenvalue weighted by Crippen LogP contribution is 2.21. The highest BCUT2D eigenvalue weighted by atomic mass is 16.5. The summed E-state index contributed by atoms with van der Waals surface area (Å²) in [4.78, 5) is 31.0. The van der Waals surface area contributed by atoms with Crippen LogP contribution in [0, 0.1) is 0 Å². The number of rotatable bonds is 3. The van der Waals surface area contributed by atoms with E-state index in [0.717, 1.165) is 11.1 Å². The summed E-state index contributed by atoms with van der Waals surface area (Å²) in [5, 5.41) is 0.539. The summed E-state index contributed by atoms with van der Waals surface area (Å²) in [5.74, 6) is 0.110. The third-order valence-corrected chi connectivity index (χ3v) is 3.45. The van der Waals surface area contributed by atoms with Crippen LogP contribution in [0.3, 0.4) is 0 Å². The number of hydrogen-bond donors (Lipinski definition) is 1. The van der Waals surface area contributed by atoms with Crippen LogP contribution in [0.1, 0.15) is 5.56 Å². The van der Waals surface area contributed by atoms with Crippen LogP contribution in [0.15, 0.2) is 53.3 Å². The molecule has 1 N–H and O–H groups in total. The van der Waals surface area contributed by atoms with Crippen LogP contribution in [0.5, 0.6) is 0 Å². The van der Waals surface area contributed by atoms with Crippen LogP contribution >= 0.6 is 0 Å². The van der Waals surface area contributed by atoms with E-state index < -0.39 is 0 Å². The molecule has 0 saturated heterocycles. The molecule has 0 fully saturated rings. The number of nitrogens with zero attached hydrogens (tertiary/aromatic N) is 1. The van der Waals surface area contributed by atoms with E-state index in [2.05, 4.69) is 9.97 Å². The molecule has 5 nitrogen and oxygen atoms in total. The molecular formula is C17H14N2O3. The first-order valence-electron chi connectivity index (χ1n) is 6.83. The molecule has 0 radical (unpaired) electrons. The smallest absolute Gasteiger partial charge is 0.310 e. The highest BCUT2D eigenvalue weighted by Gasteiger charge is 2.12. The van der Waals surface area contributed by atoms with E-state index in [1.165, 1.54) is 7.11 Å². The van der Waals surface area contributed by atoms with Crippen molar-refractivity contribution in [2.75, 3.05) is 7.11 Å². The molecule has 0 spiro atoms. The Kier molecular flexibility index (Phi) is 3.70. The lowest BCUT2D eigenvalue weighted by atomic mass is 10.0. The van der Waals surface area contributed by atoms with Gasteiger partial charge in [0, 0.05) is 5.56 Å². The molecule has 0 atom stereocenters. The number of benzene rings is 2. The molecule has 22 heavy (non-hydrogen) atoms. The van der Waals surface area contributed by atoms with Gasteiger partial charge in [-0.05, 0) is 17.7 Å². The number of carbonyl (C=O) groups excluding carboxylic acids is 1. The normalized spacial score (nSPS) is 10.6. The van der Waals surface area contributed by atoms with Gasteiger partial charge in [-0.15, -0.1) is 0 Å². The second-order valence-electron chi connectivity index (χ2n) is 4.84. The molecule has 0 aliphatic rings. The van der Waals surface area contributed by atoms with Crippen LogP contribution in [0.4, 0.5) is 0 Å². The summed E-state index contributed by atoms with van der Waals surface area (Å²) in [5.41, 5.74) is 1.89. The fraction of sp³-hybridized carbons (Fsp3) is 0.118. The molecule has 0 amide bonds. The van der Waals surface area contributed by atoms with Gasteiger partial charge in [-0.25, -0.2) is 4.98 Å². The minimum Gasteiger partial charge on any atom is -0.469 e. The highest BCUT2D eigenvalue weighted by molar-refractivity contribution is 5.81. The Bertz CT molecular complexity index is 900. The fourth-order valence-corrected chi connectivity index (χ4v) is 2.35. The monoisotopic (exact) mass is 294 g/mol. The molecule has 3 aromatic rings. The Morgan fingerprint density at radius 2 is 1.86 bits per heavy atom. The summed E-state index contributed by atoms with van der Waals surface area (Å²) in [7, 11) is 1.35. The third kappa shape index (κ3) is 2.61. The lowest BCUT2D eigenvalue weighted by Gasteiger charge is -2.08. The molecule has 0 saturated carbocycles. The van der Waals surface area contributed by atoms with Crippen LogP contribution in [0.25, 0.3) is 22.3 Å². The van der Waals surface area contributed by atoms with Crippen molar-refractivity contribution in [2.24, 2.45) is 0 Å². The molecule has 110 valence electrons. The van der Waals surface area contributed by atoms with Crippen molar-refractivity contribution >= 4 is 16.9 Å². The quantitative estimate of drug-likeness (QED) is 0.752. The van der Waals surface area contributed by atoms with Gasteiger partial charge in [-0.2, -0.15) is 0 Å². The molecule has 3 rings (SSSR count). The van der Waals surface area contributed by atoms with E-state index in [0.29, 0.717) is 16.7 Å². The van der Waals surface area contributed by atoms with E-state index in [1.54, 1.807) is 18.2 Å². The van der Waals surface area contributed by atoms with Crippen LogP contribution in [-0.4, -0.2) is 23.0 Å². The maximum Gasteiger partial charge on any atom is 0.310 e. The Balaban J connectivity index is 2.16. The average molecular weight is 294 g/mol. The number of esters is 1. The predicted molar refractivity (Wildman–Crippen MR) is 83.5 cm³/mol. The van der Waals surface area contributed by atoms with Gasteiger partial charge in [-0.3, -0.25) is 9.59 Å². The summed E-state index contributed by atoms with van der Waals surface area (Å²) >= 11 is 0. The summed E-state index contributed by atoms with van der Waals surface area (Å²) < 4.78 is 4.71. The SMILES string of the molecule is COC(=O)Cc1ccccc1-c1nc2ccccc2c(=O)[nH]1. The lowest BCUT2D eigenvalue weighted by molar-refractivity contribution is -0.139. The Hall–Kier alpha value is -2.95. The van der Waals surface area contributed by atoms with Crippen molar-refractivity contribution in [2.45, 2.75) is 6.42 Å². The van der Waals surface area contributed by atoms with Crippen molar-refractivity contribution in [3.05, 3.63) is 64.4 Å². The van der Waals surface area contributed by atoms with Crippen LogP contribution in [0.2, 0.25) is 0 Å². The van der Waals surface area contributed by atoms with E-state index >= 15 is 0 Å². The number of H-pyrrole nitrogens is 1. The number of fused-ring (bicyclic) bond motifs is 1. The molecule has 0 aliphatic heterocycles. The Morgan fingerprint density at radius 1 is 1.14 bits per heavy atom. The molecular weight excluding hydrogens is 280 g/mol. The van der Waals surface area contributed by atoms with Crippen molar-refractivity contribution in [3.63, 3.8) is 0 Å². The van der Waals surface area contributed by atoms with Gasteiger partial charge < -0.3 is 9.72 Å². The van der Waals surface area contributed by atoms with Gasteiger partial charge in [0.1, 0.15) is 5.82 Å². The first kappa shape index (κ1) is 14.0. The first-order chi connectivity index (χ1) is 10.7. The molecule has 0 bridgehead atoms. The minimum absolute atomic E-state index is 0.128. The number of methoxy groups -OCH3 is 1. The number of hydrogen-bond acceptors (Lipinski definition) is 4. The Morgan fingerprint density at radius 3 is 2.68 bits per heavy atom. The number of nitrogens with one attached hydrogen (secondary N) is 1. The van der Waals surface area contributed by atoms with Gasteiger partial charge in [-0.1, -0.05) is 36.4 Å². The number of carbonyl (C=O) groups is 1. The second-order valence-corrected chi connectivity index (χ2v) is 4.84. The molecule has 1 heterocycles. The van der Waals surface area contributed by atoms with Gasteiger partial charge in [0.25, 0.3) is 5.56 Å². The largest absolute Gasteiger partial charge is 0.469 e. The summed E-state index contributed by atoms with van der Waals surface area (Å²) in [6.07, 6.45) is 0.128. The molecule has 1 aromatic heterocycles. The predicted octanol–water partition coefficient (Wildman–Crippen LogP) is 2.31. The standard InChI is InChI=1S/C17H14N2O3/c1-22-15(20)10-11-6-2-3-7-12(11)16-18-14-9-5-4-8-13(14)17(21)19-16/h2-9H,10H2,1H3,(H,18,19,21). The average Bonchev–Trinajstić information content (AvgIpc) is 2.55. The van der Waals surface area contributed by atoms with Crippen molar-refractivity contribution in [3.8, 4) is 11.4 Å². The zero-order chi connectivity index (χ0) is 15.5. The third-order valence-electron chi connectivity index (χ3n) is 3.45. The topological polar surface area (TPSA) is 72.0 Å². The van der Waals surface area contributed by atoms with Crippen LogP contribution < -0.4 is 5.56 Å². The zero-order valence-corrected chi connectivity index (χ0v) is 12.0. The first-order valence-corrected chi connectivity index (χ1v) is 6.83. The molecule has 0 aliphatic carbocycles. The summed E-state index contributed by atoms with van der Waals surface area (Å²) in [6.45, 7) is 0. The summed E-state index contributed by atoms with van der Waals surface area (Å²) in [6, 6.07) is 14.5. The van der Waals surface area contributed by atoms with Crippen molar-refractivity contribution < 1.29 is 9.53 Å². The van der Waals surface area contributed by atoms with Gasteiger partial charge in [0.2, 0.25) is 0 Å². The van der Waals surface area contributed by atoms with Crippen molar-refractivity contribution in [1.82, 2.24) is 9.97 Å². The molecule has 0 unspecified atom stereocenters. The number of aromatic amines is 1. The number of aromatic nitrogens is 2. The van der Waals surface area contributed by atoms with E-state index in [1.807, 2.05) is 30.3 Å². The fourth-order valence-electron chi connectivity index (χ4n) is 2.35. The molecule has 5 heteroatoms. The van der Waals surface area contributed by atoms with Crippen LogP contribution in [-0.2, 0) is 16.0 Å². The zero-order valence-electron chi connectivity index (χ0n) is 12.0. The number of para-hydroxylation sites is 1.